The topological polar surface area (TPSA) is 51.2 Å². The summed E-state index contributed by atoms with van der Waals surface area (Å²) in [6, 6.07) is 30.1. The first-order valence-corrected chi connectivity index (χ1v) is 9.38. The maximum Gasteiger partial charge on any atom is 0.252 e. The van der Waals surface area contributed by atoms with Crippen molar-refractivity contribution in [2.45, 2.75) is 6.04 Å². The van der Waals surface area contributed by atoms with Crippen molar-refractivity contribution in [1.29, 1.82) is 0 Å². The van der Waals surface area contributed by atoms with Gasteiger partial charge in [0.15, 0.2) is 0 Å². The molecule has 1 unspecified atom stereocenters. The largest absolute Gasteiger partial charge is 0.457 e. The molecule has 3 aromatic carbocycles. The number of hydrogen-bond donors (Lipinski definition) is 1. The minimum atomic E-state index is -0.257. The van der Waals surface area contributed by atoms with Gasteiger partial charge in [0.1, 0.15) is 11.5 Å². The highest BCUT2D eigenvalue weighted by Crippen LogP contribution is 2.24. The minimum absolute atomic E-state index is 0.151. The normalized spacial score (nSPS) is 11.4. The minimum Gasteiger partial charge on any atom is -0.457 e. The van der Waals surface area contributed by atoms with Crippen LogP contribution in [-0.4, -0.2) is 10.9 Å². The zero-order chi connectivity index (χ0) is 19.9. The Kier molecular flexibility index (Phi) is 5.63. The van der Waals surface area contributed by atoms with Crippen LogP contribution >= 0.6 is 0 Å². The summed E-state index contributed by atoms with van der Waals surface area (Å²) < 4.78 is 5.79. The van der Waals surface area contributed by atoms with Gasteiger partial charge < -0.3 is 10.1 Å². The average Bonchev–Trinajstić information content (AvgIpc) is 2.80. The van der Waals surface area contributed by atoms with E-state index in [1.165, 1.54) is 0 Å². The van der Waals surface area contributed by atoms with Gasteiger partial charge in [-0.1, -0.05) is 48.5 Å². The molecule has 0 bridgehead atoms. The standard InChI is InChI=1S/C25H20N2O2/c28-25(21-11-13-23(14-12-21)29-22-9-5-2-6-10-22)27-24(19-7-3-1-4-8-19)20-15-17-26-18-16-20/h1-18,24H,(H,27,28). The van der Waals surface area contributed by atoms with E-state index in [1.807, 2.05) is 72.8 Å². The van der Waals surface area contributed by atoms with Crippen LogP contribution in [0.1, 0.15) is 27.5 Å². The molecule has 4 nitrogen and oxygen atoms in total. The number of para-hydroxylation sites is 1. The highest BCUT2D eigenvalue weighted by atomic mass is 16.5. The SMILES string of the molecule is O=C(NC(c1ccccc1)c1ccncc1)c1ccc(Oc2ccccc2)cc1. The fourth-order valence-corrected chi connectivity index (χ4v) is 3.07. The average molecular weight is 380 g/mol. The van der Waals surface area contributed by atoms with Crippen molar-refractivity contribution in [2.75, 3.05) is 0 Å². The van der Waals surface area contributed by atoms with E-state index in [1.54, 1.807) is 36.7 Å². The second-order valence-electron chi connectivity index (χ2n) is 6.54. The van der Waals surface area contributed by atoms with Crippen LogP contribution in [0.4, 0.5) is 0 Å². The van der Waals surface area contributed by atoms with Crippen LogP contribution in [0.3, 0.4) is 0 Å². The molecule has 1 aromatic heterocycles. The third-order valence-corrected chi connectivity index (χ3v) is 4.54. The number of pyridine rings is 1. The molecular weight excluding hydrogens is 360 g/mol. The highest BCUT2D eigenvalue weighted by Gasteiger charge is 2.17. The fourth-order valence-electron chi connectivity index (χ4n) is 3.07. The first-order valence-electron chi connectivity index (χ1n) is 9.38. The molecule has 0 saturated carbocycles. The summed E-state index contributed by atoms with van der Waals surface area (Å²) in [6.45, 7) is 0. The molecule has 1 amide bonds. The first-order chi connectivity index (χ1) is 14.3. The second-order valence-corrected chi connectivity index (χ2v) is 6.54. The Morgan fingerprint density at radius 3 is 1.90 bits per heavy atom. The quantitative estimate of drug-likeness (QED) is 0.488. The van der Waals surface area contributed by atoms with Crippen LogP contribution in [0.25, 0.3) is 0 Å². The third kappa shape index (κ3) is 4.68. The molecule has 0 aliphatic rings. The molecule has 0 radical (unpaired) electrons. The molecule has 1 atom stereocenters. The molecule has 0 saturated heterocycles. The summed E-state index contributed by atoms with van der Waals surface area (Å²) in [4.78, 5) is 17.0. The van der Waals surface area contributed by atoms with Gasteiger partial charge in [-0.3, -0.25) is 9.78 Å². The van der Waals surface area contributed by atoms with Gasteiger partial charge in [0.05, 0.1) is 6.04 Å². The Bertz CT molecular complexity index is 1010. The number of nitrogens with one attached hydrogen (secondary N) is 1. The van der Waals surface area contributed by atoms with Gasteiger partial charge in [0.2, 0.25) is 0 Å². The Hall–Kier alpha value is -3.92. The lowest BCUT2D eigenvalue weighted by atomic mass is 9.99. The summed E-state index contributed by atoms with van der Waals surface area (Å²) in [5, 5.41) is 3.13. The van der Waals surface area contributed by atoms with Crippen molar-refractivity contribution in [3.05, 3.63) is 126 Å². The molecule has 0 aliphatic carbocycles. The van der Waals surface area contributed by atoms with Gasteiger partial charge in [-0.2, -0.15) is 0 Å². The van der Waals surface area contributed by atoms with Crippen LogP contribution in [0.15, 0.2) is 109 Å². The van der Waals surface area contributed by atoms with E-state index in [4.69, 9.17) is 4.74 Å². The lowest BCUT2D eigenvalue weighted by molar-refractivity contribution is 0.0943. The van der Waals surface area contributed by atoms with Crippen molar-refractivity contribution in [1.82, 2.24) is 10.3 Å². The van der Waals surface area contributed by atoms with Gasteiger partial charge in [0, 0.05) is 18.0 Å². The lowest BCUT2D eigenvalue weighted by Gasteiger charge is -2.20. The number of benzene rings is 3. The van der Waals surface area contributed by atoms with E-state index in [2.05, 4.69) is 10.3 Å². The number of aromatic nitrogens is 1. The second kappa shape index (κ2) is 8.85. The molecule has 0 spiro atoms. The number of amides is 1. The van der Waals surface area contributed by atoms with Gasteiger partial charge in [-0.05, 0) is 59.7 Å². The maximum absolute atomic E-state index is 12.9. The number of carbonyl (C=O) groups is 1. The first kappa shape index (κ1) is 18.4. The molecule has 4 heteroatoms. The number of carbonyl (C=O) groups excluding carboxylic acids is 1. The van der Waals surface area contributed by atoms with Crippen molar-refractivity contribution < 1.29 is 9.53 Å². The van der Waals surface area contributed by atoms with Crippen LogP contribution in [0.2, 0.25) is 0 Å². The Labute approximate surface area is 169 Å². The zero-order valence-electron chi connectivity index (χ0n) is 15.7. The molecule has 1 heterocycles. The van der Waals surface area contributed by atoms with E-state index >= 15 is 0 Å². The van der Waals surface area contributed by atoms with E-state index in [0.29, 0.717) is 11.3 Å². The molecule has 0 fully saturated rings. The Morgan fingerprint density at radius 1 is 0.690 bits per heavy atom. The predicted molar refractivity (Wildman–Crippen MR) is 113 cm³/mol. The molecule has 4 aromatic rings. The predicted octanol–water partition coefficient (Wildman–Crippen LogP) is 5.39. The fraction of sp³-hybridized carbons (Fsp3) is 0.0400. The molecular formula is C25H20N2O2. The van der Waals surface area contributed by atoms with E-state index in [9.17, 15) is 4.79 Å². The van der Waals surface area contributed by atoms with Crippen LogP contribution in [0.5, 0.6) is 11.5 Å². The van der Waals surface area contributed by atoms with Gasteiger partial charge in [-0.25, -0.2) is 0 Å². The summed E-state index contributed by atoms with van der Waals surface area (Å²) in [7, 11) is 0. The van der Waals surface area contributed by atoms with Gasteiger partial charge in [0.25, 0.3) is 5.91 Å². The number of nitrogens with zero attached hydrogens (tertiary/aromatic N) is 1. The van der Waals surface area contributed by atoms with Crippen LogP contribution < -0.4 is 10.1 Å². The van der Waals surface area contributed by atoms with Crippen molar-refractivity contribution >= 4 is 5.91 Å². The smallest absolute Gasteiger partial charge is 0.252 e. The number of ether oxygens (including phenoxy) is 1. The highest BCUT2D eigenvalue weighted by molar-refractivity contribution is 5.94. The number of hydrogen-bond acceptors (Lipinski definition) is 3. The monoisotopic (exact) mass is 380 g/mol. The molecule has 0 aliphatic heterocycles. The summed E-state index contributed by atoms with van der Waals surface area (Å²) >= 11 is 0. The molecule has 29 heavy (non-hydrogen) atoms. The Balaban J connectivity index is 1.52. The van der Waals surface area contributed by atoms with Crippen LogP contribution in [-0.2, 0) is 0 Å². The number of rotatable bonds is 6. The van der Waals surface area contributed by atoms with E-state index < -0.39 is 0 Å². The summed E-state index contributed by atoms with van der Waals surface area (Å²) in [5.74, 6) is 1.29. The van der Waals surface area contributed by atoms with E-state index in [-0.39, 0.29) is 11.9 Å². The molecule has 1 N–H and O–H groups in total. The van der Waals surface area contributed by atoms with Crippen molar-refractivity contribution in [2.24, 2.45) is 0 Å². The maximum atomic E-state index is 12.9. The lowest BCUT2D eigenvalue weighted by Crippen LogP contribution is -2.29. The molecule has 4 rings (SSSR count). The van der Waals surface area contributed by atoms with Gasteiger partial charge >= 0.3 is 0 Å². The third-order valence-electron chi connectivity index (χ3n) is 4.54. The van der Waals surface area contributed by atoms with Crippen LogP contribution in [0, 0.1) is 0 Å². The van der Waals surface area contributed by atoms with Gasteiger partial charge in [-0.15, -0.1) is 0 Å². The van der Waals surface area contributed by atoms with Crippen molar-refractivity contribution in [3.63, 3.8) is 0 Å². The van der Waals surface area contributed by atoms with Crippen molar-refractivity contribution in [3.8, 4) is 11.5 Å². The van der Waals surface area contributed by atoms with E-state index in [0.717, 1.165) is 16.9 Å². The summed E-state index contributed by atoms with van der Waals surface area (Å²) in [5.41, 5.74) is 2.56. The molecule has 142 valence electrons. The Morgan fingerprint density at radius 2 is 1.24 bits per heavy atom. The zero-order valence-corrected chi connectivity index (χ0v) is 15.7. The summed E-state index contributed by atoms with van der Waals surface area (Å²) in [6.07, 6.45) is 3.46.